The second kappa shape index (κ2) is 3.30. The fourth-order valence-corrected chi connectivity index (χ4v) is 0.795. The number of hydrogen-bond donors (Lipinski definition) is 1. The molecule has 1 aromatic rings. The SMILES string of the molecule is Cc1ccc(CC(=O)O)nc1F. The Balaban J connectivity index is 2.89. The zero-order valence-corrected chi connectivity index (χ0v) is 6.54. The summed E-state index contributed by atoms with van der Waals surface area (Å²) in [6, 6.07) is 3.02. The molecule has 4 heteroatoms. The number of pyridine rings is 1. The van der Waals surface area contributed by atoms with Gasteiger partial charge in [0.25, 0.3) is 0 Å². The van der Waals surface area contributed by atoms with Gasteiger partial charge in [0, 0.05) is 5.56 Å². The van der Waals surface area contributed by atoms with E-state index in [2.05, 4.69) is 4.98 Å². The first-order valence-electron chi connectivity index (χ1n) is 3.43. The van der Waals surface area contributed by atoms with E-state index in [1.165, 1.54) is 12.1 Å². The molecule has 0 saturated carbocycles. The number of aryl methyl sites for hydroxylation is 1. The molecule has 0 amide bonds. The molecule has 0 fully saturated rings. The average molecular weight is 169 g/mol. The zero-order valence-electron chi connectivity index (χ0n) is 6.54. The van der Waals surface area contributed by atoms with Gasteiger partial charge in [-0.25, -0.2) is 4.98 Å². The Bertz CT molecular complexity index is 312. The van der Waals surface area contributed by atoms with Crippen molar-refractivity contribution < 1.29 is 14.3 Å². The largest absolute Gasteiger partial charge is 0.481 e. The van der Waals surface area contributed by atoms with Crippen LogP contribution >= 0.6 is 0 Å². The lowest BCUT2D eigenvalue weighted by molar-refractivity contribution is -0.136. The highest BCUT2D eigenvalue weighted by Gasteiger charge is 2.04. The molecule has 3 nitrogen and oxygen atoms in total. The molecule has 1 aromatic heterocycles. The van der Waals surface area contributed by atoms with Gasteiger partial charge in [0.15, 0.2) is 0 Å². The molecule has 12 heavy (non-hydrogen) atoms. The molecular weight excluding hydrogens is 161 g/mol. The number of hydrogen-bond acceptors (Lipinski definition) is 2. The van der Waals surface area contributed by atoms with Crippen LogP contribution in [0.4, 0.5) is 4.39 Å². The van der Waals surface area contributed by atoms with Gasteiger partial charge in [-0.1, -0.05) is 6.07 Å². The van der Waals surface area contributed by atoms with E-state index in [0.717, 1.165) is 0 Å². The van der Waals surface area contributed by atoms with Crippen molar-refractivity contribution in [2.45, 2.75) is 13.3 Å². The summed E-state index contributed by atoms with van der Waals surface area (Å²) in [5.41, 5.74) is 0.662. The minimum Gasteiger partial charge on any atom is -0.481 e. The van der Waals surface area contributed by atoms with Crippen LogP contribution in [0.15, 0.2) is 12.1 Å². The maximum Gasteiger partial charge on any atom is 0.309 e. The number of aliphatic carboxylic acids is 1. The molecule has 0 radical (unpaired) electrons. The number of carboxylic acid groups (broad SMARTS) is 1. The molecule has 0 aliphatic carbocycles. The Morgan fingerprint density at radius 1 is 1.67 bits per heavy atom. The van der Waals surface area contributed by atoms with Gasteiger partial charge in [-0.2, -0.15) is 4.39 Å². The van der Waals surface area contributed by atoms with Crippen molar-refractivity contribution in [1.29, 1.82) is 0 Å². The van der Waals surface area contributed by atoms with Crippen LogP contribution in [0.5, 0.6) is 0 Å². The monoisotopic (exact) mass is 169 g/mol. The molecule has 0 atom stereocenters. The molecular formula is C8H8FNO2. The number of aromatic nitrogens is 1. The van der Waals surface area contributed by atoms with Gasteiger partial charge in [0.1, 0.15) is 0 Å². The lowest BCUT2D eigenvalue weighted by Gasteiger charge is -1.98. The van der Waals surface area contributed by atoms with Crippen molar-refractivity contribution in [1.82, 2.24) is 4.98 Å². The van der Waals surface area contributed by atoms with Gasteiger partial charge in [-0.05, 0) is 13.0 Å². The first kappa shape index (κ1) is 8.64. The second-order valence-electron chi connectivity index (χ2n) is 2.48. The Morgan fingerprint density at radius 3 is 2.83 bits per heavy atom. The van der Waals surface area contributed by atoms with Crippen molar-refractivity contribution in [3.63, 3.8) is 0 Å². The average Bonchev–Trinajstić information content (AvgIpc) is 1.96. The minimum atomic E-state index is -1.01. The van der Waals surface area contributed by atoms with E-state index in [1.54, 1.807) is 6.92 Å². The normalized spacial score (nSPS) is 9.83. The molecule has 0 aromatic carbocycles. The molecule has 1 heterocycles. The third-order valence-electron chi connectivity index (χ3n) is 1.43. The van der Waals surface area contributed by atoms with E-state index in [1.807, 2.05) is 0 Å². The van der Waals surface area contributed by atoms with E-state index in [9.17, 15) is 9.18 Å². The Labute approximate surface area is 68.9 Å². The van der Waals surface area contributed by atoms with E-state index >= 15 is 0 Å². The molecule has 0 aliphatic heterocycles. The summed E-state index contributed by atoms with van der Waals surface area (Å²) in [4.78, 5) is 13.7. The molecule has 1 N–H and O–H groups in total. The van der Waals surface area contributed by atoms with Crippen LogP contribution < -0.4 is 0 Å². The minimum absolute atomic E-state index is 0.239. The standard InChI is InChI=1S/C8H8FNO2/c1-5-2-3-6(4-7(11)12)10-8(5)9/h2-3H,4H2,1H3,(H,11,12). The fourth-order valence-electron chi connectivity index (χ4n) is 0.795. The summed E-state index contributed by atoms with van der Waals surface area (Å²) in [7, 11) is 0. The van der Waals surface area contributed by atoms with Crippen LogP contribution in [0.3, 0.4) is 0 Å². The Kier molecular flexibility index (Phi) is 2.38. The molecule has 0 unspecified atom stereocenters. The highest BCUT2D eigenvalue weighted by Crippen LogP contribution is 2.04. The smallest absolute Gasteiger partial charge is 0.309 e. The highest BCUT2D eigenvalue weighted by atomic mass is 19.1. The van der Waals surface area contributed by atoms with Crippen LogP contribution in [0.2, 0.25) is 0 Å². The van der Waals surface area contributed by atoms with E-state index in [-0.39, 0.29) is 12.1 Å². The van der Waals surface area contributed by atoms with Crippen molar-refractivity contribution in [2.24, 2.45) is 0 Å². The summed E-state index contributed by atoms with van der Waals surface area (Å²) >= 11 is 0. The Morgan fingerprint density at radius 2 is 2.33 bits per heavy atom. The third-order valence-corrected chi connectivity index (χ3v) is 1.43. The van der Waals surface area contributed by atoms with Gasteiger partial charge in [-0.3, -0.25) is 4.79 Å². The van der Waals surface area contributed by atoms with Gasteiger partial charge in [-0.15, -0.1) is 0 Å². The van der Waals surface area contributed by atoms with E-state index < -0.39 is 11.9 Å². The van der Waals surface area contributed by atoms with Crippen molar-refractivity contribution in [3.05, 3.63) is 29.3 Å². The quantitative estimate of drug-likeness (QED) is 0.676. The molecule has 1 rings (SSSR count). The number of halogens is 1. The fraction of sp³-hybridized carbons (Fsp3) is 0.250. The van der Waals surface area contributed by atoms with Gasteiger partial charge in [0.05, 0.1) is 12.1 Å². The van der Waals surface area contributed by atoms with Gasteiger partial charge >= 0.3 is 5.97 Å². The van der Waals surface area contributed by atoms with E-state index in [0.29, 0.717) is 5.56 Å². The van der Waals surface area contributed by atoms with Crippen LogP contribution in [-0.2, 0) is 11.2 Å². The topological polar surface area (TPSA) is 50.2 Å². The van der Waals surface area contributed by atoms with Crippen molar-refractivity contribution >= 4 is 5.97 Å². The Hall–Kier alpha value is -1.45. The van der Waals surface area contributed by atoms with E-state index in [4.69, 9.17) is 5.11 Å². The molecule has 0 saturated heterocycles. The highest BCUT2D eigenvalue weighted by molar-refractivity contribution is 5.69. The summed E-state index contributed by atoms with van der Waals surface area (Å²) in [6.45, 7) is 1.58. The summed E-state index contributed by atoms with van der Waals surface area (Å²) in [6.07, 6.45) is -0.239. The molecule has 0 bridgehead atoms. The van der Waals surface area contributed by atoms with Gasteiger partial charge in [0.2, 0.25) is 5.95 Å². The maximum atomic E-state index is 12.7. The summed E-state index contributed by atoms with van der Waals surface area (Å²) in [5.74, 6) is -1.61. The first-order valence-corrected chi connectivity index (χ1v) is 3.43. The first-order chi connectivity index (χ1) is 5.59. The number of carbonyl (C=O) groups is 1. The number of rotatable bonds is 2. The second-order valence-corrected chi connectivity index (χ2v) is 2.48. The predicted molar refractivity (Wildman–Crippen MR) is 40.3 cm³/mol. The van der Waals surface area contributed by atoms with Crippen molar-refractivity contribution in [3.8, 4) is 0 Å². The number of carboxylic acids is 1. The van der Waals surface area contributed by atoms with Crippen LogP contribution in [0, 0.1) is 12.9 Å². The van der Waals surface area contributed by atoms with Crippen LogP contribution in [0.1, 0.15) is 11.3 Å². The lowest BCUT2D eigenvalue weighted by Crippen LogP contribution is -2.03. The van der Waals surface area contributed by atoms with Gasteiger partial charge < -0.3 is 5.11 Å². The lowest BCUT2D eigenvalue weighted by atomic mass is 10.2. The zero-order chi connectivity index (χ0) is 9.14. The van der Waals surface area contributed by atoms with Crippen LogP contribution in [-0.4, -0.2) is 16.1 Å². The van der Waals surface area contributed by atoms with Crippen LogP contribution in [0.25, 0.3) is 0 Å². The molecule has 0 spiro atoms. The summed E-state index contributed by atoms with van der Waals surface area (Å²) in [5, 5.41) is 8.36. The predicted octanol–water partition coefficient (Wildman–Crippen LogP) is 1.16. The van der Waals surface area contributed by atoms with Crippen molar-refractivity contribution in [2.75, 3.05) is 0 Å². The third kappa shape index (κ3) is 2.02. The molecule has 0 aliphatic rings. The number of nitrogens with zero attached hydrogens (tertiary/aromatic N) is 1. The molecule has 64 valence electrons. The summed E-state index contributed by atoms with van der Waals surface area (Å²) < 4.78 is 12.7. The maximum absolute atomic E-state index is 12.7.